The number of hydrogen-bond donors (Lipinski definition) is 0. The summed E-state index contributed by atoms with van der Waals surface area (Å²) in [6.45, 7) is 0.418. The molecule has 0 aromatic heterocycles. The van der Waals surface area contributed by atoms with Crippen molar-refractivity contribution in [1.29, 1.82) is 0 Å². The SMILES string of the molecule is O=C1[C@@H]2[C@@H]3C=C[C@H]([C@@H]4C[C@H]34)[C@H]2C(=O)N1/N=C\c1ccccc1OCc1ccc(Br)cc1. The van der Waals surface area contributed by atoms with Crippen molar-refractivity contribution in [2.45, 2.75) is 13.0 Å². The van der Waals surface area contributed by atoms with E-state index in [0.29, 0.717) is 24.2 Å². The molecular weight excluding hydrogens is 456 g/mol. The van der Waals surface area contributed by atoms with Crippen LogP contribution in [0, 0.1) is 35.5 Å². The van der Waals surface area contributed by atoms with Crippen molar-refractivity contribution in [1.82, 2.24) is 5.01 Å². The Bertz CT molecular complexity index is 1090. The predicted molar refractivity (Wildman–Crippen MR) is 119 cm³/mol. The average molecular weight is 477 g/mol. The van der Waals surface area contributed by atoms with Crippen LogP contribution in [0.4, 0.5) is 0 Å². The minimum absolute atomic E-state index is 0.149. The molecule has 31 heavy (non-hydrogen) atoms. The number of amides is 2. The van der Waals surface area contributed by atoms with E-state index in [1.165, 1.54) is 0 Å². The van der Waals surface area contributed by atoms with Crippen molar-refractivity contribution in [2.24, 2.45) is 40.6 Å². The zero-order valence-corrected chi connectivity index (χ0v) is 18.3. The molecule has 2 aromatic rings. The van der Waals surface area contributed by atoms with Gasteiger partial charge in [0.25, 0.3) is 11.8 Å². The molecular formula is C25H21BrN2O3. The molecule has 5 nitrogen and oxygen atoms in total. The van der Waals surface area contributed by atoms with Gasteiger partial charge in [0.1, 0.15) is 12.4 Å². The molecule has 2 amide bonds. The van der Waals surface area contributed by atoms with E-state index >= 15 is 0 Å². The molecule has 6 atom stereocenters. The monoisotopic (exact) mass is 476 g/mol. The lowest BCUT2D eigenvalue weighted by Crippen LogP contribution is -2.40. The van der Waals surface area contributed by atoms with Crippen molar-refractivity contribution < 1.29 is 14.3 Å². The van der Waals surface area contributed by atoms with Gasteiger partial charge in [0.05, 0.1) is 18.1 Å². The van der Waals surface area contributed by atoms with Crippen LogP contribution >= 0.6 is 15.9 Å². The molecule has 3 fully saturated rings. The molecule has 0 spiro atoms. The van der Waals surface area contributed by atoms with E-state index in [1.54, 1.807) is 6.21 Å². The second-order valence-corrected chi connectivity index (χ2v) is 9.76. The first kappa shape index (κ1) is 19.0. The molecule has 4 aliphatic carbocycles. The van der Waals surface area contributed by atoms with Gasteiger partial charge in [-0.15, -0.1) is 0 Å². The van der Waals surface area contributed by atoms with E-state index in [2.05, 4.69) is 33.2 Å². The van der Waals surface area contributed by atoms with Gasteiger partial charge >= 0.3 is 0 Å². The highest BCUT2D eigenvalue weighted by atomic mass is 79.9. The number of imide groups is 1. The second-order valence-electron chi connectivity index (χ2n) is 8.84. The van der Waals surface area contributed by atoms with Gasteiger partial charge in [0.15, 0.2) is 0 Å². The minimum atomic E-state index is -0.229. The lowest BCUT2D eigenvalue weighted by Gasteiger charge is -2.37. The molecule has 7 rings (SSSR count). The van der Waals surface area contributed by atoms with Crippen LogP contribution < -0.4 is 4.74 Å². The number of carbonyl (C=O) groups excluding carboxylic acids is 2. The van der Waals surface area contributed by atoms with Crippen LogP contribution in [-0.2, 0) is 16.2 Å². The van der Waals surface area contributed by atoms with Gasteiger partial charge in [0, 0.05) is 10.0 Å². The molecule has 0 N–H and O–H groups in total. The van der Waals surface area contributed by atoms with E-state index in [9.17, 15) is 9.59 Å². The van der Waals surface area contributed by atoms with Crippen molar-refractivity contribution in [3.8, 4) is 5.75 Å². The van der Waals surface area contributed by atoms with Gasteiger partial charge in [0.2, 0.25) is 0 Å². The first-order chi connectivity index (χ1) is 15.1. The maximum absolute atomic E-state index is 13.1. The number of carbonyl (C=O) groups is 2. The highest BCUT2D eigenvalue weighted by Crippen LogP contribution is 2.65. The quantitative estimate of drug-likeness (QED) is 0.364. The van der Waals surface area contributed by atoms with Gasteiger partial charge in [-0.05, 0) is 59.9 Å². The highest BCUT2D eigenvalue weighted by molar-refractivity contribution is 9.10. The van der Waals surface area contributed by atoms with Crippen LogP contribution in [0.25, 0.3) is 0 Å². The van der Waals surface area contributed by atoms with E-state index in [4.69, 9.17) is 4.74 Å². The molecule has 0 unspecified atom stereocenters. The van der Waals surface area contributed by atoms with Crippen LogP contribution in [0.5, 0.6) is 5.75 Å². The summed E-state index contributed by atoms with van der Waals surface area (Å²) in [5.41, 5.74) is 1.78. The molecule has 0 radical (unpaired) electrons. The zero-order valence-electron chi connectivity index (χ0n) is 16.7. The number of nitrogens with zero attached hydrogens (tertiary/aromatic N) is 2. The summed E-state index contributed by atoms with van der Waals surface area (Å²) in [6.07, 6.45) is 7.07. The number of para-hydroxylation sites is 1. The molecule has 2 bridgehead atoms. The first-order valence-corrected chi connectivity index (χ1v) is 11.5. The smallest absolute Gasteiger partial charge is 0.254 e. The fourth-order valence-corrected chi connectivity index (χ4v) is 5.90. The predicted octanol–water partition coefficient (Wildman–Crippen LogP) is 4.42. The highest BCUT2D eigenvalue weighted by Gasteiger charge is 2.67. The van der Waals surface area contributed by atoms with Gasteiger partial charge in [-0.1, -0.05) is 52.3 Å². The number of allylic oxidation sites excluding steroid dienone is 2. The van der Waals surface area contributed by atoms with E-state index in [-0.39, 0.29) is 35.5 Å². The zero-order chi connectivity index (χ0) is 21.1. The van der Waals surface area contributed by atoms with Crippen LogP contribution in [0.15, 0.2) is 70.3 Å². The second kappa shape index (κ2) is 7.16. The Balaban J connectivity index is 1.21. The largest absolute Gasteiger partial charge is 0.488 e. The summed E-state index contributed by atoms with van der Waals surface area (Å²) >= 11 is 3.43. The maximum Gasteiger partial charge on any atom is 0.254 e. The lowest BCUT2D eigenvalue weighted by molar-refractivity contribution is -0.140. The van der Waals surface area contributed by atoms with Gasteiger partial charge in [-0.2, -0.15) is 10.1 Å². The Kier molecular flexibility index (Phi) is 4.39. The van der Waals surface area contributed by atoms with Crippen LogP contribution in [0.3, 0.4) is 0 Å². The number of hydrogen-bond acceptors (Lipinski definition) is 4. The summed E-state index contributed by atoms with van der Waals surface area (Å²) in [6, 6.07) is 15.5. The summed E-state index contributed by atoms with van der Waals surface area (Å²) in [5, 5.41) is 5.45. The Labute approximate surface area is 188 Å². The summed E-state index contributed by atoms with van der Waals surface area (Å²) in [7, 11) is 0. The molecule has 5 aliphatic rings. The van der Waals surface area contributed by atoms with Crippen molar-refractivity contribution in [3.63, 3.8) is 0 Å². The van der Waals surface area contributed by atoms with Crippen molar-refractivity contribution in [2.75, 3.05) is 0 Å². The van der Waals surface area contributed by atoms with E-state index in [0.717, 1.165) is 27.0 Å². The number of halogens is 1. The molecule has 1 saturated heterocycles. The summed E-state index contributed by atoms with van der Waals surface area (Å²) < 4.78 is 7.00. The number of benzene rings is 2. The fraction of sp³-hybridized carbons (Fsp3) is 0.320. The normalized spacial score (nSPS) is 32.5. The van der Waals surface area contributed by atoms with Crippen LogP contribution in [0.1, 0.15) is 17.5 Å². The van der Waals surface area contributed by atoms with Crippen LogP contribution in [-0.4, -0.2) is 23.0 Å². The van der Waals surface area contributed by atoms with Crippen LogP contribution in [0.2, 0.25) is 0 Å². The lowest BCUT2D eigenvalue weighted by atomic mass is 9.63. The topological polar surface area (TPSA) is 59.0 Å². The Hall–Kier alpha value is -2.73. The van der Waals surface area contributed by atoms with Gasteiger partial charge in [-0.25, -0.2) is 0 Å². The molecule has 2 aromatic carbocycles. The third kappa shape index (κ3) is 3.07. The Morgan fingerprint density at radius 3 is 2.29 bits per heavy atom. The average Bonchev–Trinajstić information content (AvgIpc) is 3.57. The van der Waals surface area contributed by atoms with Crippen molar-refractivity contribution >= 4 is 34.0 Å². The van der Waals surface area contributed by atoms with E-state index < -0.39 is 0 Å². The summed E-state index contributed by atoms with van der Waals surface area (Å²) in [5.74, 6) is 1.49. The van der Waals surface area contributed by atoms with Gasteiger partial charge in [-0.3, -0.25) is 9.59 Å². The number of ether oxygens (including phenoxy) is 1. The van der Waals surface area contributed by atoms with Crippen molar-refractivity contribution in [3.05, 3.63) is 76.3 Å². The maximum atomic E-state index is 13.1. The Morgan fingerprint density at radius 2 is 1.61 bits per heavy atom. The standard InChI is InChI=1S/C25H21BrN2O3/c26-16-7-5-14(6-8-16)13-31-21-4-2-1-3-15(21)12-27-28-24(29)22-17-9-10-18(20-11-19(17)20)23(22)25(28)30/h1-10,12,17-20,22-23H,11,13H2/b27-12-/t17-,18-,19-,20+,22-,23-/m1/s1. The summed E-state index contributed by atoms with van der Waals surface area (Å²) in [4.78, 5) is 26.1. The number of rotatable bonds is 5. The number of hydrazone groups is 1. The minimum Gasteiger partial charge on any atom is -0.488 e. The molecule has 1 heterocycles. The molecule has 1 aliphatic heterocycles. The third-order valence-electron chi connectivity index (χ3n) is 7.18. The molecule has 156 valence electrons. The first-order valence-electron chi connectivity index (χ1n) is 10.7. The van der Waals surface area contributed by atoms with E-state index in [1.807, 2.05) is 48.5 Å². The molecule has 6 heteroatoms. The van der Waals surface area contributed by atoms with Gasteiger partial charge < -0.3 is 4.74 Å². The fourth-order valence-electron chi connectivity index (χ4n) is 5.64. The third-order valence-corrected chi connectivity index (χ3v) is 7.71. The molecule has 2 saturated carbocycles. The Morgan fingerprint density at radius 1 is 0.968 bits per heavy atom.